The molecule has 0 spiro atoms. The van der Waals surface area contributed by atoms with Crippen LogP contribution in [0.3, 0.4) is 0 Å². The third-order valence-electron chi connectivity index (χ3n) is 2.04. The number of H-pyrrole nitrogens is 1. The molecule has 2 aromatic heterocycles. The Morgan fingerprint density at radius 2 is 2.44 bits per heavy atom. The van der Waals surface area contributed by atoms with Crippen LogP contribution in [0.15, 0.2) is 22.7 Å². The highest BCUT2D eigenvalue weighted by molar-refractivity contribution is 6.33. The Kier molecular flexibility index (Phi) is 2.96. The summed E-state index contributed by atoms with van der Waals surface area (Å²) >= 11 is 5.74. The molecule has 0 aromatic carbocycles. The molecule has 6 heteroatoms. The third kappa shape index (κ3) is 2.25. The molecule has 0 unspecified atom stereocenters. The summed E-state index contributed by atoms with van der Waals surface area (Å²) in [4.78, 5) is 11.6. The monoisotopic (exact) mass is 239 g/mol. The molecule has 2 N–H and O–H groups in total. The molecule has 0 saturated carbocycles. The van der Waals surface area contributed by atoms with Crippen LogP contribution in [0.2, 0.25) is 5.02 Å². The maximum absolute atomic E-state index is 11.6. The highest BCUT2D eigenvalue weighted by Gasteiger charge is 2.12. The van der Waals surface area contributed by atoms with Crippen LogP contribution < -0.4 is 5.32 Å². The minimum absolute atomic E-state index is 0.255. The lowest BCUT2D eigenvalue weighted by Crippen LogP contribution is -2.23. The fourth-order valence-electron chi connectivity index (χ4n) is 1.27. The van der Waals surface area contributed by atoms with Gasteiger partial charge in [0.15, 0.2) is 0 Å². The number of nitrogens with zero attached hydrogens (tertiary/aromatic N) is 1. The molecule has 2 aromatic rings. The molecular formula is C10H10ClN3O2. The lowest BCUT2D eigenvalue weighted by molar-refractivity contribution is 0.0943. The molecule has 2 heterocycles. The number of aryl methyl sites for hydroxylation is 1. The number of furan rings is 1. The van der Waals surface area contributed by atoms with Crippen molar-refractivity contribution in [3.05, 3.63) is 40.6 Å². The number of amides is 1. The predicted octanol–water partition coefficient (Wildman–Crippen LogP) is 1.89. The van der Waals surface area contributed by atoms with Crippen molar-refractivity contribution in [1.29, 1.82) is 0 Å². The van der Waals surface area contributed by atoms with Gasteiger partial charge in [-0.3, -0.25) is 9.89 Å². The smallest absolute Gasteiger partial charge is 0.271 e. The molecule has 0 fully saturated rings. The van der Waals surface area contributed by atoms with Gasteiger partial charge in [0.25, 0.3) is 5.91 Å². The van der Waals surface area contributed by atoms with E-state index < -0.39 is 0 Å². The highest BCUT2D eigenvalue weighted by Crippen LogP contribution is 2.11. The zero-order valence-electron chi connectivity index (χ0n) is 8.58. The number of carbonyl (C=O) groups excluding carboxylic acids is 1. The van der Waals surface area contributed by atoms with E-state index in [0.717, 1.165) is 5.76 Å². The average molecular weight is 240 g/mol. The number of aromatic nitrogens is 2. The topological polar surface area (TPSA) is 70.9 Å². The van der Waals surface area contributed by atoms with E-state index in [4.69, 9.17) is 16.0 Å². The highest BCUT2D eigenvalue weighted by atomic mass is 35.5. The Balaban J connectivity index is 1.96. The number of rotatable bonds is 3. The minimum atomic E-state index is -0.309. The second-order valence-corrected chi connectivity index (χ2v) is 3.70. The van der Waals surface area contributed by atoms with Crippen LogP contribution in [0.25, 0.3) is 0 Å². The van der Waals surface area contributed by atoms with Crippen LogP contribution in [0, 0.1) is 6.92 Å². The lowest BCUT2D eigenvalue weighted by Gasteiger charge is -2.01. The Hall–Kier alpha value is -1.75. The molecule has 0 aliphatic carbocycles. The normalized spacial score (nSPS) is 10.4. The van der Waals surface area contributed by atoms with Gasteiger partial charge in [0, 0.05) is 0 Å². The third-order valence-corrected chi connectivity index (χ3v) is 2.33. The van der Waals surface area contributed by atoms with Gasteiger partial charge in [-0.15, -0.1) is 0 Å². The van der Waals surface area contributed by atoms with Gasteiger partial charge in [-0.2, -0.15) is 5.10 Å². The van der Waals surface area contributed by atoms with Crippen LogP contribution in [-0.2, 0) is 6.54 Å². The Bertz CT molecular complexity index is 504. The number of carbonyl (C=O) groups is 1. The predicted molar refractivity (Wildman–Crippen MR) is 58.2 cm³/mol. The summed E-state index contributed by atoms with van der Waals surface area (Å²) in [6.07, 6.45) is 1.38. The van der Waals surface area contributed by atoms with Gasteiger partial charge in [0.05, 0.1) is 17.8 Å². The zero-order valence-corrected chi connectivity index (χ0v) is 9.34. The number of aromatic amines is 1. The van der Waals surface area contributed by atoms with Crippen molar-refractivity contribution in [2.75, 3.05) is 0 Å². The maximum atomic E-state index is 11.6. The first-order chi connectivity index (χ1) is 7.66. The van der Waals surface area contributed by atoms with Gasteiger partial charge in [0.1, 0.15) is 17.2 Å². The first-order valence-electron chi connectivity index (χ1n) is 4.69. The van der Waals surface area contributed by atoms with Crippen molar-refractivity contribution in [3.63, 3.8) is 0 Å². The van der Waals surface area contributed by atoms with Crippen molar-refractivity contribution in [1.82, 2.24) is 15.5 Å². The van der Waals surface area contributed by atoms with Gasteiger partial charge < -0.3 is 9.73 Å². The van der Waals surface area contributed by atoms with Gasteiger partial charge in [-0.1, -0.05) is 11.6 Å². The molecule has 0 atom stereocenters. The molecule has 0 saturated heterocycles. The molecule has 2 rings (SSSR count). The number of halogens is 1. The lowest BCUT2D eigenvalue weighted by atomic mass is 10.4. The summed E-state index contributed by atoms with van der Waals surface area (Å²) in [5.41, 5.74) is 0.255. The summed E-state index contributed by atoms with van der Waals surface area (Å²) in [5.74, 6) is 1.20. The van der Waals surface area contributed by atoms with Crippen LogP contribution in [0.4, 0.5) is 0 Å². The zero-order chi connectivity index (χ0) is 11.5. The summed E-state index contributed by atoms with van der Waals surface area (Å²) in [7, 11) is 0. The van der Waals surface area contributed by atoms with Crippen LogP contribution in [0.1, 0.15) is 22.0 Å². The van der Waals surface area contributed by atoms with Gasteiger partial charge in [-0.05, 0) is 19.1 Å². The molecule has 5 nitrogen and oxygen atoms in total. The SMILES string of the molecule is Cc1ccc(CNC(=O)c2[nH]ncc2Cl)o1. The molecule has 0 radical (unpaired) electrons. The van der Waals surface area contributed by atoms with E-state index in [9.17, 15) is 4.79 Å². The molecule has 16 heavy (non-hydrogen) atoms. The summed E-state index contributed by atoms with van der Waals surface area (Å²) < 4.78 is 5.31. The van der Waals surface area contributed by atoms with Crippen molar-refractivity contribution in [2.24, 2.45) is 0 Å². The van der Waals surface area contributed by atoms with Gasteiger partial charge in [-0.25, -0.2) is 0 Å². The van der Waals surface area contributed by atoms with Crippen LogP contribution >= 0.6 is 11.6 Å². The Morgan fingerprint density at radius 3 is 3.00 bits per heavy atom. The van der Waals surface area contributed by atoms with E-state index in [1.54, 1.807) is 0 Å². The molecule has 0 bridgehead atoms. The summed E-state index contributed by atoms with van der Waals surface area (Å²) in [6.45, 7) is 2.17. The Labute approximate surface area is 96.8 Å². The van der Waals surface area contributed by atoms with E-state index in [1.165, 1.54) is 6.20 Å². The van der Waals surface area contributed by atoms with E-state index in [-0.39, 0.29) is 11.6 Å². The van der Waals surface area contributed by atoms with E-state index in [0.29, 0.717) is 17.3 Å². The fourth-order valence-corrected chi connectivity index (χ4v) is 1.44. The first-order valence-corrected chi connectivity index (χ1v) is 5.07. The number of nitrogens with one attached hydrogen (secondary N) is 2. The minimum Gasteiger partial charge on any atom is -0.465 e. The van der Waals surface area contributed by atoms with Crippen LogP contribution in [-0.4, -0.2) is 16.1 Å². The maximum Gasteiger partial charge on any atom is 0.271 e. The largest absolute Gasteiger partial charge is 0.465 e. The molecular weight excluding hydrogens is 230 g/mol. The van der Waals surface area contributed by atoms with E-state index >= 15 is 0 Å². The standard InChI is InChI=1S/C10H10ClN3O2/c1-6-2-3-7(16-6)4-12-10(15)9-8(11)5-13-14-9/h2-3,5H,4H2,1H3,(H,12,15)(H,13,14). The number of hydrogen-bond acceptors (Lipinski definition) is 3. The van der Waals surface area contributed by atoms with Gasteiger partial charge in [0.2, 0.25) is 0 Å². The number of hydrogen-bond donors (Lipinski definition) is 2. The van der Waals surface area contributed by atoms with Crippen molar-refractivity contribution in [3.8, 4) is 0 Å². The van der Waals surface area contributed by atoms with Crippen molar-refractivity contribution in [2.45, 2.75) is 13.5 Å². The summed E-state index contributed by atoms with van der Waals surface area (Å²) in [6, 6.07) is 3.65. The molecule has 0 aliphatic rings. The van der Waals surface area contributed by atoms with Crippen molar-refractivity contribution >= 4 is 17.5 Å². The summed E-state index contributed by atoms with van der Waals surface area (Å²) in [5, 5.41) is 9.15. The van der Waals surface area contributed by atoms with E-state index in [2.05, 4.69) is 15.5 Å². The molecule has 84 valence electrons. The van der Waals surface area contributed by atoms with E-state index in [1.807, 2.05) is 19.1 Å². The quantitative estimate of drug-likeness (QED) is 0.859. The Morgan fingerprint density at radius 1 is 1.62 bits per heavy atom. The second-order valence-electron chi connectivity index (χ2n) is 3.29. The van der Waals surface area contributed by atoms with Crippen molar-refractivity contribution < 1.29 is 9.21 Å². The second kappa shape index (κ2) is 4.40. The average Bonchev–Trinajstić information content (AvgIpc) is 2.84. The first kappa shape index (κ1) is 10.8. The fraction of sp³-hybridized carbons (Fsp3) is 0.200. The van der Waals surface area contributed by atoms with Gasteiger partial charge >= 0.3 is 0 Å². The van der Waals surface area contributed by atoms with Crippen LogP contribution in [0.5, 0.6) is 0 Å². The molecule has 1 amide bonds. The molecule has 0 aliphatic heterocycles.